The van der Waals surface area contributed by atoms with Crippen LogP contribution < -0.4 is 14.8 Å². The number of rotatable bonds is 7. The van der Waals surface area contributed by atoms with Crippen molar-refractivity contribution in [2.24, 2.45) is 0 Å². The smallest absolute Gasteiger partial charge is 0.161 e. The normalized spacial score (nSPS) is 10.4. The fourth-order valence-electron chi connectivity index (χ4n) is 2.47. The van der Waals surface area contributed by atoms with Crippen molar-refractivity contribution in [3.05, 3.63) is 83.7 Å². The summed E-state index contributed by atoms with van der Waals surface area (Å²) in [6.07, 6.45) is 0. The van der Waals surface area contributed by atoms with E-state index in [0.717, 1.165) is 16.8 Å². The summed E-state index contributed by atoms with van der Waals surface area (Å²) in [5, 5.41) is 12.6. The third kappa shape index (κ3) is 4.66. The van der Waals surface area contributed by atoms with Gasteiger partial charge in [0, 0.05) is 12.2 Å². The molecule has 0 fully saturated rings. The zero-order valence-corrected chi connectivity index (χ0v) is 14.4. The molecule has 26 heavy (non-hydrogen) atoms. The molecule has 0 aromatic heterocycles. The Hall–Kier alpha value is -3.21. The second kappa shape index (κ2) is 8.25. The molecule has 0 aliphatic carbocycles. The van der Waals surface area contributed by atoms with Crippen LogP contribution in [0.5, 0.6) is 17.2 Å². The summed E-state index contributed by atoms with van der Waals surface area (Å²) in [7, 11) is 1.59. The molecule has 0 heterocycles. The summed E-state index contributed by atoms with van der Waals surface area (Å²) in [4.78, 5) is 0. The maximum absolute atomic E-state index is 12.9. The van der Waals surface area contributed by atoms with E-state index in [0.29, 0.717) is 24.7 Å². The molecule has 134 valence electrons. The van der Waals surface area contributed by atoms with E-state index in [9.17, 15) is 9.50 Å². The van der Waals surface area contributed by atoms with Gasteiger partial charge in [-0.2, -0.15) is 0 Å². The number of aromatic hydroxyl groups is 1. The molecule has 2 N–H and O–H groups in total. The molecule has 0 spiro atoms. The lowest BCUT2D eigenvalue weighted by atomic mass is 10.2. The van der Waals surface area contributed by atoms with Gasteiger partial charge >= 0.3 is 0 Å². The molecule has 0 unspecified atom stereocenters. The highest BCUT2D eigenvalue weighted by Gasteiger charge is 2.07. The highest BCUT2D eigenvalue weighted by Crippen LogP contribution is 2.29. The zero-order chi connectivity index (χ0) is 18.4. The van der Waals surface area contributed by atoms with E-state index in [2.05, 4.69) is 5.32 Å². The number of hydrogen-bond acceptors (Lipinski definition) is 4. The summed E-state index contributed by atoms with van der Waals surface area (Å²) in [5.41, 5.74) is 2.83. The van der Waals surface area contributed by atoms with E-state index in [1.165, 1.54) is 12.1 Å². The minimum absolute atomic E-state index is 0.236. The third-order valence-electron chi connectivity index (χ3n) is 3.90. The Labute approximate surface area is 151 Å². The second-order valence-electron chi connectivity index (χ2n) is 5.80. The van der Waals surface area contributed by atoms with E-state index in [1.54, 1.807) is 31.4 Å². The number of anilines is 1. The highest BCUT2D eigenvalue weighted by molar-refractivity contribution is 5.48. The molecule has 3 rings (SSSR count). The largest absolute Gasteiger partial charge is 0.508 e. The van der Waals surface area contributed by atoms with Gasteiger partial charge in [0.2, 0.25) is 0 Å². The average molecular weight is 353 g/mol. The van der Waals surface area contributed by atoms with Gasteiger partial charge in [-0.3, -0.25) is 0 Å². The van der Waals surface area contributed by atoms with Crippen molar-refractivity contribution < 1.29 is 19.0 Å². The first-order valence-corrected chi connectivity index (χ1v) is 8.21. The molecule has 0 radical (unpaired) electrons. The number of benzene rings is 3. The van der Waals surface area contributed by atoms with E-state index in [4.69, 9.17) is 9.47 Å². The van der Waals surface area contributed by atoms with Crippen LogP contribution in [0.3, 0.4) is 0 Å². The Morgan fingerprint density at radius 2 is 1.58 bits per heavy atom. The van der Waals surface area contributed by atoms with Crippen molar-refractivity contribution in [3.63, 3.8) is 0 Å². The van der Waals surface area contributed by atoms with E-state index < -0.39 is 0 Å². The molecular formula is C21H20FNO3. The van der Waals surface area contributed by atoms with Crippen LogP contribution in [0.15, 0.2) is 66.7 Å². The quantitative estimate of drug-likeness (QED) is 0.603. The molecular weight excluding hydrogens is 333 g/mol. The topological polar surface area (TPSA) is 50.7 Å². The molecule has 3 aromatic rings. The lowest BCUT2D eigenvalue weighted by Crippen LogP contribution is -2.01. The number of ether oxygens (including phenoxy) is 2. The van der Waals surface area contributed by atoms with Gasteiger partial charge in [-0.05, 0) is 59.7 Å². The predicted octanol–water partition coefficient (Wildman–Crippen LogP) is 4.73. The molecule has 0 bridgehead atoms. The van der Waals surface area contributed by atoms with Crippen LogP contribution in [-0.4, -0.2) is 12.2 Å². The number of methoxy groups -OCH3 is 1. The Morgan fingerprint density at radius 3 is 2.27 bits per heavy atom. The number of hydrogen-bond donors (Lipinski definition) is 2. The van der Waals surface area contributed by atoms with Gasteiger partial charge in [0.05, 0.1) is 7.11 Å². The third-order valence-corrected chi connectivity index (χ3v) is 3.90. The highest BCUT2D eigenvalue weighted by atomic mass is 19.1. The lowest BCUT2D eigenvalue weighted by molar-refractivity contribution is 0.284. The summed E-state index contributed by atoms with van der Waals surface area (Å²) in [5.74, 6) is 1.24. The van der Waals surface area contributed by atoms with Crippen molar-refractivity contribution in [1.29, 1.82) is 0 Å². The van der Waals surface area contributed by atoms with Crippen molar-refractivity contribution in [2.75, 3.05) is 12.4 Å². The number of nitrogens with one attached hydrogen (secondary N) is 1. The summed E-state index contributed by atoms with van der Waals surface area (Å²) in [6, 6.07) is 18.8. The zero-order valence-electron chi connectivity index (χ0n) is 14.4. The van der Waals surface area contributed by atoms with E-state index in [1.807, 2.05) is 30.3 Å². The van der Waals surface area contributed by atoms with Crippen molar-refractivity contribution in [3.8, 4) is 17.2 Å². The molecule has 4 nitrogen and oxygen atoms in total. The maximum atomic E-state index is 12.9. The Balaban J connectivity index is 1.63. The van der Waals surface area contributed by atoms with Crippen LogP contribution in [0.1, 0.15) is 11.1 Å². The van der Waals surface area contributed by atoms with Crippen LogP contribution in [0.4, 0.5) is 10.1 Å². The summed E-state index contributed by atoms with van der Waals surface area (Å²) >= 11 is 0. The Morgan fingerprint density at radius 1 is 0.885 bits per heavy atom. The minimum Gasteiger partial charge on any atom is -0.508 e. The molecule has 0 saturated carbocycles. The van der Waals surface area contributed by atoms with Gasteiger partial charge in [0.15, 0.2) is 11.5 Å². The van der Waals surface area contributed by atoms with Crippen LogP contribution in [-0.2, 0) is 13.2 Å². The van der Waals surface area contributed by atoms with Gasteiger partial charge in [-0.25, -0.2) is 4.39 Å². The monoisotopic (exact) mass is 353 g/mol. The first-order valence-electron chi connectivity index (χ1n) is 8.21. The Bertz CT molecular complexity index is 848. The standard InChI is InChI=1S/C21H20FNO3/c1-25-21-12-16(13-23-18-7-9-19(24)10-8-18)4-11-20(21)26-14-15-2-5-17(22)6-3-15/h2-12,23-24H,13-14H2,1H3. The van der Waals surface area contributed by atoms with Crippen molar-refractivity contribution in [2.45, 2.75) is 13.2 Å². The fraction of sp³-hybridized carbons (Fsp3) is 0.143. The van der Waals surface area contributed by atoms with Crippen molar-refractivity contribution >= 4 is 5.69 Å². The van der Waals surface area contributed by atoms with Gasteiger partial charge in [-0.15, -0.1) is 0 Å². The van der Waals surface area contributed by atoms with Gasteiger partial charge in [0.1, 0.15) is 18.2 Å². The number of phenolic OH excluding ortho intramolecular Hbond substituents is 1. The second-order valence-corrected chi connectivity index (χ2v) is 5.80. The minimum atomic E-state index is -0.267. The van der Waals surface area contributed by atoms with E-state index in [-0.39, 0.29) is 11.6 Å². The fourth-order valence-corrected chi connectivity index (χ4v) is 2.47. The van der Waals surface area contributed by atoms with Crippen molar-refractivity contribution in [1.82, 2.24) is 0 Å². The molecule has 0 atom stereocenters. The number of phenols is 1. The molecule has 0 aliphatic rings. The van der Waals surface area contributed by atoms with Gasteiger partial charge < -0.3 is 19.9 Å². The van der Waals surface area contributed by atoms with Gasteiger partial charge in [0.25, 0.3) is 0 Å². The number of halogens is 1. The van der Waals surface area contributed by atoms with Gasteiger partial charge in [-0.1, -0.05) is 18.2 Å². The molecule has 5 heteroatoms. The summed E-state index contributed by atoms with van der Waals surface area (Å²) < 4.78 is 24.2. The maximum Gasteiger partial charge on any atom is 0.161 e. The average Bonchev–Trinajstić information content (AvgIpc) is 2.67. The molecule has 3 aromatic carbocycles. The SMILES string of the molecule is COc1cc(CNc2ccc(O)cc2)ccc1OCc1ccc(F)cc1. The lowest BCUT2D eigenvalue weighted by Gasteiger charge is -2.13. The first kappa shape index (κ1) is 17.6. The van der Waals surface area contributed by atoms with Crippen LogP contribution in [0, 0.1) is 5.82 Å². The molecule has 0 saturated heterocycles. The molecule has 0 aliphatic heterocycles. The van der Waals surface area contributed by atoms with Crippen LogP contribution in [0.25, 0.3) is 0 Å². The summed E-state index contributed by atoms with van der Waals surface area (Å²) in [6.45, 7) is 0.946. The molecule has 0 amide bonds. The van der Waals surface area contributed by atoms with Crippen LogP contribution in [0.2, 0.25) is 0 Å². The first-order chi connectivity index (χ1) is 12.6. The predicted molar refractivity (Wildman–Crippen MR) is 99.2 cm³/mol. The van der Waals surface area contributed by atoms with Crippen LogP contribution >= 0.6 is 0 Å². The Kier molecular flexibility index (Phi) is 5.59. The van der Waals surface area contributed by atoms with E-state index >= 15 is 0 Å².